The monoisotopic (exact) mass is 437 g/mol. The average molecular weight is 438 g/mol. The number of methoxy groups -OCH3 is 2. The fourth-order valence-corrected chi connectivity index (χ4v) is 5.04. The first-order valence-corrected chi connectivity index (χ1v) is 11.2. The van der Waals surface area contributed by atoms with Gasteiger partial charge in [0.1, 0.15) is 0 Å². The maximum absolute atomic E-state index is 13.0. The van der Waals surface area contributed by atoms with E-state index in [2.05, 4.69) is 5.10 Å². The zero-order valence-corrected chi connectivity index (χ0v) is 18.2. The van der Waals surface area contributed by atoms with Crippen LogP contribution in [0.4, 0.5) is 0 Å². The van der Waals surface area contributed by atoms with Gasteiger partial charge >= 0.3 is 5.97 Å². The summed E-state index contributed by atoms with van der Waals surface area (Å²) in [5, 5.41) is 4.14. The van der Waals surface area contributed by atoms with Crippen molar-refractivity contribution < 1.29 is 27.4 Å². The minimum absolute atomic E-state index is 0.169. The van der Waals surface area contributed by atoms with Gasteiger partial charge in [0.05, 0.1) is 29.0 Å². The van der Waals surface area contributed by atoms with Crippen LogP contribution in [0.25, 0.3) is 5.69 Å². The van der Waals surface area contributed by atoms with Gasteiger partial charge in [-0.25, -0.2) is 17.9 Å². The molecule has 9 nitrogen and oxygen atoms in total. The molecule has 1 aromatic carbocycles. The zero-order valence-electron chi connectivity index (χ0n) is 17.4. The smallest absolute Gasteiger partial charge is 0.341 e. The number of piperidine rings is 1. The third kappa shape index (κ3) is 4.72. The first kappa shape index (κ1) is 22.4. The Kier molecular flexibility index (Phi) is 7.24. The van der Waals surface area contributed by atoms with Crippen LogP contribution in [0.5, 0.6) is 0 Å². The lowest BCUT2D eigenvalue weighted by atomic mass is 9.97. The second-order valence-corrected chi connectivity index (χ2v) is 8.91. The van der Waals surface area contributed by atoms with Crippen molar-refractivity contribution in [2.24, 2.45) is 5.92 Å². The Bertz CT molecular complexity index is 945. The molecule has 0 unspecified atom stereocenters. The Morgan fingerprint density at radius 1 is 1.17 bits per heavy atom. The Morgan fingerprint density at radius 2 is 1.80 bits per heavy atom. The number of hydrogen-bond acceptors (Lipinski definition) is 7. The van der Waals surface area contributed by atoms with Crippen molar-refractivity contribution in [2.75, 3.05) is 33.9 Å². The van der Waals surface area contributed by atoms with Gasteiger partial charge < -0.3 is 14.2 Å². The molecule has 2 aromatic rings. The molecule has 30 heavy (non-hydrogen) atoms. The molecule has 1 saturated heterocycles. The maximum Gasteiger partial charge on any atom is 0.341 e. The van der Waals surface area contributed by atoms with Crippen molar-refractivity contribution in [3.63, 3.8) is 0 Å². The van der Waals surface area contributed by atoms with Gasteiger partial charge in [-0.15, -0.1) is 0 Å². The number of aromatic nitrogens is 2. The summed E-state index contributed by atoms with van der Waals surface area (Å²) in [4.78, 5) is 12.0. The van der Waals surface area contributed by atoms with E-state index in [9.17, 15) is 13.2 Å². The molecule has 10 heteroatoms. The predicted molar refractivity (Wildman–Crippen MR) is 109 cm³/mol. The van der Waals surface area contributed by atoms with Crippen molar-refractivity contribution in [1.29, 1.82) is 0 Å². The van der Waals surface area contributed by atoms with Crippen LogP contribution in [0.1, 0.15) is 30.1 Å². The number of carbonyl (C=O) groups is 1. The van der Waals surface area contributed by atoms with Gasteiger partial charge in [0.25, 0.3) is 0 Å². The summed E-state index contributed by atoms with van der Waals surface area (Å²) in [5.41, 5.74) is 0.980. The minimum atomic E-state index is -3.59. The Morgan fingerprint density at radius 3 is 2.37 bits per heavy atom. The summed E-state index contributed by atoms with van der Waals surface area (Å²) in [5.74, 6) is -0.280. The lowest BCUT2D eigenvalue weighted by molar-refractivity contribution is -0.144. The normalized spacial score (nSPS) is 16.1. The lowest BCUT2D eigenvalue weighted by Crippen LogP contribution is -2.42. The molecule has 2 heterocycles. The van der Waals surface area contributed by atoms with Gasteiger partial charge in [0, 0.05) is 39.4 Å². The number of hydrogen-bond donors (Lipinski definition) is 0. The second kappa shape index (κ2) is 9.69. The van der Waals surface area contributed by atoms with E-state index in [0.29, 0.717) is 37.2 Å². The Labute approximate surface area is 176 Å². The van der Waals surface area contributed by atoms with Gasteiger partial charge in [-0.3, -0.25) is 0 Å². The molecule has 0 spiro atoms. The molecule has 1 aliphatic heterocycles. The van der Waals surface area contributed by atoms with Crippen molar-refractivity contribution in [1.82, 2.24) is 14.1 Å². The minimum Gasteiger partial charge on any atom is -0.462 e. The van der Waals surface area contributed by atoms with E-state index in [4.69, 9.17) is 14.2 Å². The molecule has 1 aliphatic rings. The number of nitrogens with zero attached hydrogens (tertiary/aromatic N) is 3. The van der Waals surface area contributed by atoms with Crippen molar-refractivity contribution in [2.45, 2.75) is 31.0 Å². The van der Waals surface area contributed by atoms with Crippen LogP contribution in [0.2, 0.25) is 0 Å². The van der Waals surface area contributed by atoms with E-state index < -0.39 is 16.0 Å². The molecule has 0 amide bonds. The molecule has 1 fully saturated rings. The highest BCUT2D eigenvalue weighted by atomic mass is 32.2. The standard InChI is InChI=1S/C20H27N3O6S/c1-4-29-19(24)16-13-21-23(14-16)17-5-7-18(8-6-17)30(25,26)22-11-9-15(10-12-22)20(27-2)28-3/h5-8,13-15,20H,4,9-12H2,1-3H3. The maximum atomic E-state index is 13.0. The average Bonchev–Trinajstić information content (AvgIpc) is 3.26. The van der Waals surface area contributed by atoms with Crippen LogP contribution < -0.4 is 0 Å². The highest BCUT2D eigenvalue weighted by Crippen LogP contribution is 2.27. The molecule has 164 valence electrons. The van der Waals surface area contributed by atoms with Gasteiger partial charge in [-0.1, -0.05) is 0 Å². The third-order valence-corrected chi connectivity index (χ3v) is 7.09. The summed E-state index contributed by atoms with van der Waals surface area (Å²) < 4.78 is 44.5. The third-order valence-electron chi connectivity index (χ3n) is 5.18. The highest BCUT2D eigenvalue weighted by Gasteiger charge is 2.32. The molecule has 3 rings (SSSR count). The number of rotatable bonds is 8. The van der Waals surface area contributed by atoms with Crippen LogP contribution >= 0.6 is 0 Å². The molecular formula is C20H27N3O6S. The molecule has 0 bridgehead atoms. The lowest BCUT2D eigenvalue weighted by Gasteiger charge is -2.34. The topological polar surface area (TPSA) is 100.0 Å². The molecule has 0 N–H and O–H groups in total. The summed E-state index contributed by atoms with van der Waals surface area (Å²) in [6.07, 6.45) is 4.00. The van der Waals surface area contributed by atoms with Crippen molar-refractivity contribution in [3.8, 4) is 5.69 Å². The quantitative estimate of drug-likeness (QED) is 0.460. The van der Waals surface area contributed by atoms with Gasteiger partial charge in [-0.2, -0.15) is 9.40 Å². The summed E-state index contributed by atoms with van der Waals surface area (Å²) in [6, 6.07) is 6.42. The first-order valence-electron chi connectivity index (χ1n) is 9.78. The highest BCUT2D eigenvalue weighted by molar-refractivity contribution is 7.89. The van der Waals surface area contributed by atoms with E-state index in [0.717, 1.165) is 0 Å². The van der Waals surface area contributed by atoms with Crippen LogP contribution in [0, 0.1) is 5.92 Å². The molecule has 0 radical (unpaired) electrons. The fraction of sp³-hybridized carbons (Fsp3) is 0.500. The number of benzene rings is 1. The van der Waals surface area contributed by atoms with Crippen LogP contribution in [0.3, 0.4) is 0 Å². The first-order chi connectivity index (χ1) is 14.4. The van der Waals surface area contributed by atoms with E-state index in [1.165, 1.54) is 15.2 Å². The van der Waals surface area contributed by atoms with E-state index in [1.54, 1.807) is 51.6 Å². The predicted octanol–water partition coefficient (Wildman–Crippen LogP) is 2.07. The zero-order chi connectivity index (χ0) is 21.7. The summed E-state index contributed by atoms with van der Waals surface area (Å²) in [7, 11) is -0.408. The molecule has 0 atom stereocenters. The van der Waals surface area contributed by atoms with Crippen LogP contribution in [-0.2, 0) is 24.2 Å². The number of carbonyl (C=O) groups excluding carboxylic acids is 1. The van der Waals surface area contributed by atoms with Crippen LogP contribution in [-0.4, -0.2) is 68.7 Å². The Hall–Kier alpha value is -2.27. The van der Waals surface area contributed by atoms with Crippen LogP contribution in [0.15, 0.2) is 41.6 Å². The van der Waals surface area contributed by atoms with E-state index in [1.807, 2.05) is 0 Å². The van der Waals surface area contributed by atoms with E-state index in [-0.39, 0.29) is 23.7 Å². The molecular weight excluding hydrogens is 410 g/mol. The molecule has 1 aromatic heterocycles. The Balaban J connectivity index is 1.69. The molecule has 0 saturated carbocycles. The fourth-order valence-electron chi connectivity index (χ4n) is 3.57. The number of ether oxygens (including phenoxy) is 3. The summed E-state index contributed by atoms with van der Waals surface area (Å²) >= 11 is 0. The van der Waals surface area contributed by atoms with Crippen molar-refractivity contribution >= 4 is 16.0 Å². The van der Waals surface area contributed by atoms with Crippen molar-refractivity contribution in [3.05, 3.63) is 42.2 Å². The van der Waals surface area contributed by atoms with Gasteiger partial charge in [-0.05, 0) is 44.0 Å². The van der Waals surface area contributed by atoms with E-state index >= 15 is 0 Å². The second-order valence-electron chi connectivity index (χ2n) is 6.97. The number of esters is 1. The SMILES string of the molecule is CCOC(=O)c1cnn(-c2ccc(S(=O)(=O)N3CCC(C(OC)OC)CC3)cc2)c1. The largest absolute Gasteiger partial charge is 0.462 e. The van der Waals surface area contributed by atoms with Gasteiger partial charge in [0.2, 0.25) is 10.0 Å². The molecule has 0 aliphatic carbocycles. The summed E-state index contributed by atoms with van der Waals surface area (Å²) in [6.45, 7) is 2.85. The number of sulfonamides is 1. The van der Waals surface area contributed by atoms with Gasteiger partial charge in [0.15, 0.2) is 6.29 Å².